The highest BCUT2D eigenvalue weighted by Gasteiger charge is 2.23. The lowest BCUT2D eigenvalue weighted by Gasteiger charge is -2.31. The first-order chi connectivity index (χ1) is 12.5. The summed E-state index contributed by atoms with van der Waals surface area (Å²) in [5.74, 6) is -3.61. The summed E-state index contributed by atoms with van der Waals surface area (Å²) in [6, 6.07) is 8.23. The van der Waals surface area contributed by atoms with Crippen LogP contribution in [0.2, 0.25) is 0 Å². The first-order valence-corrected chi connectivity index (χ1v) is 9.85. The summed E-state index contributed by atoms with van der Waals surface area (Å²) in [6.45, 7) is 1.66. The van der Waals surface area contributed by atoms with Crippen molar-refractivity contribution in [1.29, 1.82) is 0 Å². The van der Waals surface area contributed by atoms with Gasteiger partial charge in [0.05, 0.1) is 17.2 Å². The molecule has 0 saturated carbocycles. The number of nitrogens with zero attached hydrogens (tertiary/aromatic N) is 1. The van der Waals surface area contributed by atoms with Gasteiger partial charge >= 0.3 is 11.9 Å². The van der Waals surface area contributed by atoms with Crippen LogP contribution in [0.5, 0.6) is 0 Å². The minimum absolute atomic E-state index is 0.120. The molecule has 0 radical (unpaired) electrons. The van der Waals surface area contributed by atoms with Crippen LogP contribution in [0.25, 0.3) is 0 Å². The molecule has 2 rings (SSSR count). The molecular weight excluding hydrogens is 377 g/mol. The van der Waals surface area contributed by atoms with E-state index in [0.717, 1.165) is 12.3 Å². The van der Waals surface area contributed by atoms with Crippen LogP contribution in [-0.4, -0.2) is 42.7 Å². The van der Waals surface area contributed by atoms with Gasteiger partial charge in [0.2, 0.25) is 0 Å². The highest BCUT2D eigenvalue weighted by Crippen LogP contribution is 2.29. The Bertz CT molecular complexity index is 940. The van der Waals surface area contributed by atoms with Crippen molar-refractivity contribution in [2.75, 3.05) is 17.0 Å². The highest BCUT2D eigenvalue weighted by molar-refractivity contribution is 7.90. The number of halogens is 1. The number of sulfone groups is 1. The zero-order valence-electron chi connectivity index (χ0n) is 14.6. The molecule has 9 heteroatoms. The summed E-state index contributed by atoms with van der Waals surface area (Å²) in [4.78, 5) is 24.0. The van der Waals surface area contributed by atoms with Crippen LogP contribution < -0.4 is 4.90 Å². The van der Waals surface area contributed by atoms with Crippen molar-refractivity contribution in [2.24, 2.45) is 0 Å². The summed E-state index contributed by atoms with van der Waals surface area (Å²) in [5.41, 5.74) is 0.136. The Morgan fingerprint density at radius 1 is 1.04 bits per heavy atom. The molecule has 0 aliphatic heterocycles. The molecule has 0 fully saturated rings. The van der Waals surface area contributed by atoms with Gasteiger partial charge in [-0.05, 0) is 42.8 Å². The number of carboxylic acid groups (broad SMARTS) is 2. The zero-order chi connectivity index (χ0) is 20.4. The molecule has 2 aromatic rings. The van der Waals surface area contributed by atoms with Crippen molar-refractivity contribution >= 4 is 27.5 Å². The standard InChI is InChI=1S/C18H18FNO6S/c1-11(12-3-5-15(19)6-4-12)20(10-27(2,25)26)16-8-13(17(21)22)7-14(9-16)18(23)24/h3-9,11H,10H2,1-2H3,(H,21,22)(H,23,24). The average Bonchev–Trinajstić information content (AvgIpc) is 2.58. The first-order valence-electron chi connectivity index (χ1n) is 7.79. The minimum Gasteiger partial charge on any atom is -0.478 e. The molecule has 0 bridgehead atoms. The lowest BCUT2D eigenvalue weighted by atomic mass is 10.0. The average molecular weight is 395 g/mol. The third-order valence-electron chi connectivity index (χ3n) is 3.94. The van der Waals surface area contributed by atoms with Crippen molar-refractivity contribution in [3.63, 3.8) is 0 Å². The Labute approximate surface area is 155 Å². The molecule has 2 N–H and O–H groups in total. The van der Waals surface area contributed by atoms with E-state index < -0.39 is 39.5 Å². The molecule has 144 valence electrons. The third-order valence-corrected chi connectivity index (χ3v) is 4.68. The Kier molecular flexibility index (Phi) is 5.85. The monoisotopic (exact) mass is 395 g/mol. The summed E-state index contributed by atoms with van der Waals surface area (Å²) < 4.78 is 37.0. The molecule has 0 aliphatic rings. The number of aromatic carboxylic acids is 2. The number of carboxylic acids is 2. The van der Waals surface area contributed by atoms with Crippen molar-refractivity contribution in [2.45, 2.75) is 13.0 Å². The van der Waals surface area contributed by atoms with Gasteiger partial charge in [0.25, 0.3) is 0 Å². The third kappa shape index (κ3) is 5.27. The minimum atomic E-state index is -3.54. The van der Waals surface area contributed by atoms with Gasteiger partial charge in [-0.25, -0.2) is 22.4 Å². The van der Waals surface area contributed by atoms with Crippen molar-refractivity contribution in [1.82, 2.24) is 0 Å². The van der Waals surface area contributed by atoms with Crippen LogP contribution in [0.1, 0.15) is 39.2 Å². The molecule has 0 spiro atoms. The maximum atomic E-state index is 13.2. The van der Waals surface area contributed by atoms with E-state index in [9.17, 15) is 32.6 Å². The number of benzene rings is 2. The van der Waals surface area contributed by atoms with Crippen LogP contribution in [0.3, 0.4) is 0 Å². The molecule has 0 heterocycles. The lowest BCUT2D eigenvalue weighted by Crippen LogP contribution is -2.32. The maximum absolute atomic E-state index is 13.2. The van der Waals surface area contributed by atoms with Gasteiger partial charge in [-0.1, -0.05) is 12.1 Å². The number of anilines is 1. The van der Waals surface area contributed by atoms with Gasteiger partial charge in [0.1, 0.15) is 11.7 Å². The van der Waals surface area contributed by atoms with Crippen LogP contribution >= 0.6 is 0 Å². The number of hydrogen-bond donors (Lipinski definition) is 2. The fourth-order valence-electron chi connectivity index (χ4n) is 2.61. The SMILES string of the molecule is CC(c1ccc(F)cc1)N(CS(C)(=O)=O)c1cc(C(=O)O)cc(C(=O)O)c1. The van der Waals surface area contributed by atoms with Gasteiger partial charge in [0, 0.05) is 11.9 Å². The predicted molar refractivity (Wildman–Crippen MR) is 97.4 cm³/mol. The lowest BCUT2D eigenvalue weighted by molar-refractivity contribution is 0.0696. The van der Waals surface area contributed by atoms with Crippen LogP contribution in [0.15, 0.2) is 42.5 Å². The molecular formula is C18H18FNO6S. The molecule has 2 aromatic carbocycles. The Morgan fingerprint density at radius 2 is 1.52 bits per heavy atom. The van der Waals surface area contributed by atoms with Gasteiger partial charge in [-0.2, -0.15) is 0 Å². The second kappa shape index (κ2) is 7.75. The van der Waals surface area contributed by atoms with Gasteiger partial charge in [0.15, 0.2) is 9.84 Å². The van der Waals surface area contributed by atoms with Crippen LogP contribution in [0, 0.1) is 5.82 Å². The van der Waals surface area contributed by atoms with E-state index in [1.807, 2.05) is 0 Å². The van der Waals surface area contributed by atoms with E-state index in [1.165, 1.54) is 41.3 Å². The van der Waals surface area contributed by atoms with E-state index in [2.05, 4.69) is 0 Å². The van der Waals surface area contributed by atoms with E-state index in [-0.39, 0.29) is 16.8 Å². The molecule has 0 saturated heterocycles. The highest BCUT2D eigenvalue weighted by atomic mass is 32.2. The molecule has 0 amide bonds. The van der Waals surface area contributed by atoms with Crippen LogP contribution in [-0.2, 0) is 9.84 Å². The van der Waals surface area contributed by atoms with Crippen LogP contribution in [0.4, 0.5) is 10.1 Å². The quantitative estimate of drug-likeness (QED) is 0.741. The second-order valence-electron chi connectivity index (χ2n) is 6.13. The van der Waals surface area contributed by atoms with E-state index in [4.69, 9.17) is 0 Å². The Balaban J connectivity index is 2.61. The first kappa shape index (κ1) is 20.4. The Hall–Kier alpha value is -2.94. The van der Waals surface area contributed by atoms with E-state index >= 15 is 0 Å². The second-order valence-corrected chi connectivity index (χ2v) is 8.24. The predicted octanol–water partition coefficient (Wildman–Crippen LogP) is 2.79. The molecule has 1 atom stereocenters. The van der Waals surface area contributed by atoms with Gasteiger partial charge < -0.3 is 15.1 Å². The fraction of sp³-hybridized carbons (Fsp3) is 0.222. The Morgan fingerprint density at radius 3 is 1.93 bits per heavy atom. The van der Waals surface area contributed by atoms with Crippen molar-refractivity contribution in [3.05, 3.63) is 65.0 Å². The fourth-order valence-corrected chi connectivity index (χ4v) is 3.49. The summed E-state index contributed by atoms with van der Waals surface area (Å²) in [6.07, 6.45) is 1.01. The van der Waals surface area contributed by atoms with Crippen molar-refractivity contribution < 1.29 is 32.6 Å². The summed E-state index contributed by atoms with van der Waals surface area (Å²) >= 11 is 0. The van der Waals surface area contributed by atoms with E-state index in [0.29, 0.717) is 5.56 Å². The van der Waals surface area contributed by atoms with Gasteiger partial charge in [-0.15, -0.1) is 0 Å². The molecule has 1 unspecified atom stereocenters. The maximum Gasteiger partial charge on any atom is 0.335 e. The molecule has 7 nitrogen and oxygen atoms in total. The zero-order valence-corrected chi connectivity index (χ0v) is 15.4. The number of hydrogen-bond acceptors (Lipinski definition) is 5. The number of carbonyl (C=O) groups is 2. The normalized spacial score (nSPS) is 12.4. The van der Waals surface area contributed by atoms with Crippen molar-refractivity contribution in [3.8, 4) is 0 Å². The van der Waals surface area contributed by atoms with Gasteiger partial charge in [-0.3, -0.25) is 0 Å². The summed E-state index contributed by atoms with van der Waals surface area (Å²) in [7, 11) is -3.54. The van der Waals surface area contributed by atoms with E-state index in [1.54, 1.807) is 6.92 Å². The number of rotatable bonds is 7. The molecule has 27 heavy (non-hydrogen) atoms. The topological polar surface area (TPSA) is 112 Å². The molecule has 0 aromatic heterocycles. The smallest absolute Gasteiger partial charge is 0.335 e. The largest absolute Gasteiger partial charge is 0.478 e. The summed E-state index contributed by atoms with van der Waals surface area (Å²) in [5, 5.41) is 18.5. The molecule has 0 aliphatic carbocycles.